The van der Waals surface area contributed by atoms with Crippen molar-refractivity contribution in [3.63, 3.8) is 0 Å². The van der Waals surface area contributed by atoms with Crippen molar-refractivity contribution in [3.8, 4) is 0 Å². The summed E-state index contributed by atoms with van der Waals surface area (Å²) in [5.41, 5.74) is 1.00. The lowest BCUT2D eigenvalue weighted by atomic mass is 10.2. The minimum absolute atomic E-state index is 0.275. The highest BCUT2D eigenvalue weighted by Crippen LogP contribution is 2.12. The molecule has 0 aliphatic carbocycles. The normalized spacial score (nSPS) is 10.6. The highest BCUT2D eigenvalue weighted by Gasteiger charge is 1.99. The van der Waals surface area contributed by atoms with Crippen LogP contribution in [0.2, 0.25) is 0 Å². The second kappa shape index (κ2) is 6.80. The number of furan rings is 1. The van der Waals surface area contributed by atoms with Gasteiger partial charge in [0.25, 0.3) is 0 Å². The number of urea groups is 1. The Hall–Kier alpha value is -2.01. The minimum Gasteiger partial charge on any atom is -0.467 e. The van der Waals surface area contributed by atoms with Crippen LogP contribution in [-0.4, -0.2) is 6.03 Å². The van der Waals surface area contributed by atoms with Gasteiger partial charge in [0.1, 0.15) is 5.76 Å². The fraction of sp³-hybridized carbons (Fsp3) is 0.0714. The Morgan fingerprint density at radius 1 is 1.32 bits per heavy atom. The Bertz CT molecular complexity index is 565. The largest absolute Gasteiger partial charge is 0.467 e. The monoisotopic (exact) mass is 320 g/mol. The fourth-order valence-electron chi connectivity index (χ4n) is 1.46. The first kappa shape index (κ1) is 13.4. The van der Waals surface area contributed by atoms with Crippen LogP contribution >= 0.6 is 15.9 Å². The summed E-state index contributed by atoms with van der Waals surface area (Å²) in [4.78, 5) is 11.5. The van der Waals surface area contributed by atoms with Gasteiger partial charge in [-0.2, -0.15) is 0 Å². The topological polar surface area (TPSA) is 54.3 Å². The number of amides is 2. The van der Waals surface area contributed by atoms with Gasteiger partial charge in [0.05, 0.1) is 12.8 Å². The van der Waals surface area contributed by atoms with E-state index in [0.717, 1.165) is 10.0 Å². The van der Waals surface area contributed by atoms with Crippen LogP contribution in [-0.2, 0) is 6.54 Å². The van der Waals surface area contributed by atoms with Gasteiger partial charge < -0.3 is 15.1 Å². The molecule has 0 atom stereocenters. The first-order chi connectivity index (χ1) is 9.24. The summed E-state index contributed by atoms with van der Waals surface area (Å²) in [6.07, 6.45) is 4.98. The van der Waals surface area contributed by atoms with E-state index < -0.39 is 0 Å². The Morgan fingerprint density at radius 3 is 2.95 bits per heavy atom. The molecule has 0 unspecified atom stereocenters. The number of hydrogen-bond acceptors (Lipinski definition) is 2. The van der Waals surface area contributed by atoms with Crippen LogP contribution in [0.1, 0.15) is 11.3 Å². The Labute approximate surface area is 119 Å². The molecule has 2 N–H and O–H groups in total. The van der Waals surface area contributed by atoms with Crippen LogP contribution in [0.25, 0.3) is 6.08 Å². The first-order valence-corrected chi connectivity index (χ1v) is 6.52. The number of rotatable bonds is 4. The third kappa shape index (κ3) is 4.63. The summed E-state index contributed by atoms with van der Waals surface area (Å²) >= 11 is 3.39. The Balaban J connectivity index is 1.77. The lowest BCUT2D eigenvalue weighted by Gasteiger charge is -2.02. The third-order valence-corrected chi connectivity index (χ3v) is 2.84. The Morgan fingerprint density at radius 2 is 2.21 bits per heavy atom. The molecule has 0 radical (unpaired) electrons. The molecule has 2 amide bonds. The average Bonchev–Trinajstić information content (AvgIpc) is 2.89. The van der Waals surface area contributed by atoms with E-state index in [1.165, 1.54) is 0 Å². The number of benzene rings is 1. The van der Waals surface area contributed by atoms with Crippen LogP contribution < -0.4 is 10.6 Å². The van der Waals surface area contributed by atoms with Gasteiger partial charge >= 0.3 is 6.03 Å². The van der Waals surface area contributed by atoms with Gasteiger partial charge in [0.15, 0.2) is 0 Å². The smallest absolute Gasteiger partial charge is 0.319 e. The number of carbonyl (C=O) groups excluding carboxylic acids is 1. The molecule has 5 heteroatoms. The van der Waals surface area contributed by atoms with E-state index in [0.29, 0.717) is 12.3 Å². The molecule has 1 aromatic carbocycles. The molecular weight excluding hydrogens is 308 g/mol. The molecule has 0 bridgehead atoms. The summed E-state index contributed by atoms with van der Waals surface area (Å²) in [6.45, 7) is 0.365. The second-order valence-corrected chi connectivity index (χ2v) is 4.71. The van der Waals surface area contributed by atoms with E-state index in [1.807, 2.05) is 30.3 Å². The molecule has 2 rings (SSSR count). The molecule has 1 heterocycles. The van der Waals surface area contributed by atoms with Gasteiger partial charge in [-0.3, -0.25) is 0 Å². The third-order valence-electron chi connectivity index (χ3n) is 2.34. The lowest BCUT2D eigenvalue weighted by molar-refractivity contribution is 0.243. The van der Waals surface area contributed by atoms with E-state index in [-0.39, 0.29) is 6.03 Å². The van der Waals surface area contributed by atoms with Gasteiger partial charge in [-0.05, 0) is 35.9 Å². The molecular formula is C14H13BrN2O2. The molecule has 2 aromatic rings. The predicted octanol–water partition coefficient (Wildman–Crippen LogP) is 3.51. The zero-order valence-corrected chi connectivity index (χ0v) is 11.7. The van der Waals surface area contributed by atoms with Crippen molar-refractivity contribution < 1.29 is 9.21 Å². The standard InChI is InChI=1S/C14H13BrN2O2/c15-12-4-1-3-11(9-12)6-7-16-14(18)17-10-13-5-2-8-19-13/h1-9H,10H2,(H2,16,17,18)/b7-6+. The maximum Gasteiger partial charge on any atom is 0.319 e. The molecule has 0 spiro atoms. The minimum atomic E-state index is -0.275. The molecule has 0 saturated carbocycles. The van der Waals surface area contributed by atoms with Crippen molar-refractivity contribution in [2.75, 3.05) is 0 Å². The molecule has 0 fully saturated rings. The van der Waals surface area contributed by atoms with Crippen LogP contribution in [0.4, 0.5) is 4.79 Å². The average molecular weight is 321 g/mol. The second-order valence-electron chi connectivity index (χ2n) is 3.79. The fourth-order valence-corrected chi connectivity index (χ4v) is 1.87. The number of nitrogens with one attached hydrogen (secondary N) is 2. The lowest BCUT2D eigenvalue weighted by Crippen LogP contribution is -2.31. The summed E-state index contributed by atoms with van der Waals surface area (Å²) < 4.78 is 6.10. The molecule has 1 aromatic heterocycles. The van der Waals surface area contributed by atoms with E-state index in [9.17, 15) is 4.79 Å². The van der Waals surface area contributed by atoms with Crippen molar-refractivity contribution in [1.29, 1.82) is 0 Å². The number of carbonyl (C=O) groups is 1. The van der Waals surface area contributed by atoms with Gasteiger partial charge in [0, 0.05) is 10.7 Å². The summed E-state index contributed by atoms with van der Waals surface area (Å²) in [6, 6.07) is 11.1. The van der Waals surface area contributed by atoms with Crippen molar-refractivity contribution >= 4 is 28.0 Å². The van der Waals surface area contributed by atoms with Crippen LogP contribution in [0.15, 0.2) is 57.8 Å². The van der Waals surface area contributed by atoms with Gasteiger partial charge in [0.2, 0.25) is 0 Å². The van der Waals surface area contributed by atoms with Crippen LogP contribution in [0.5, 0.6) is 0 Å². The zero-order valence-electron chi connectivity index (χ0n) is 10.1. The highest BCUT2D eigenvalue weighted by molar-refractivity contribution is 9.10. The van der Waals surface area contributed by atoms with Gasteiger partial charge in [-0.15, -0.1) is 0 Å². The van der Waals surface area contributed by atoms with Crippen LogP contribution in [0, 0.1) is 0 Å². The summed E-state index contributed by atoms with van der Waals surface area (Å²) in [5.74, 6) is 0.714. The first-order valence-electron chi connectivity index (χ1n) is 5.73. The quantitative estimate of drug-likeness (QED) is 0.905. The number of halogens is 1. The van der Waals surface area contributed by atoms with E-state index in [1.54, 1.807) is 24.6 Å². The Kier molecular flexibility index (Phi) is 4.80. The molecule has 0 aliphatic heterocycles. The molecule has 19 heavy (non-hydrogen) atoms. The number of hydrogen-bond donors (Lipinski definition) is 2. The van der Waals surface area contributed by atoms with Crippen molar-refractivity contribution in [2.24, 2.45) is 0 Å². The highest BCUT2D eigenvalue weighted by atomic mass is 79.9. The van der Waals surface area contributed by atoms with E-state index in [4.69, 9.17) is 4.42 Å². The zero-order chi connectivity index (χ0) is 13.5. The maximum atomic E-state index is 11.5. The molecule has 0 saturated heterocycles. The molecule has 0 aliphatic rings. The van der Waals surface area contributed by atoms with Crippen molar-refractivity contribution in [3.05, 3.63) is 64.7 Å². The summed E-state index contributed by atoms with van der Waals surface area (Å²) in [5, 5.41) is 5.30. The predicted molar refractivity (Wildman–Crippen MR) is 77.3 cm³/mol. The van der Waals surface area contributed by atoms with Gasteiger partial charge in [-0.25, -0.2) is 4.79 Å². The van der Waals surface area contributed by atoms with Gasteiger partial charge in [-0.1, -0.05) is 28.1 Å². The van der Waals surface area contributed by atoms with Crippen molar-refractivity contribution in [2.45, 2.75) is 6.54 Å². The maximum absolute atomic E-state index is 11.5. The molecule has 98 valence electrons. The molecule has 4 nitrogen and oxygen atoms in total. The summed E-state index contributed by atoms with van der Waals surface area (Å²) in [7, 11) is 0. The SMILES string of the molecule is O=C(N/C=C/c1cccc(Br)c1)NCc1ccco1. The van der Waals surface area contributed by atoms with E-state index in [2.05, 4.69) is 26.6 Å². The van der Waals surface area contributed by atoms with E-state index >= 15 is 0 Å². The van der Waals surface area contributed by atoms with Crippen molar-refractivity contribution in [1.82, 2.24) is 10.6 Å². The van der Waals surface area contributed by atoms with Crippen LogP contribution in [0.3, 0.4) is 0 Å².